The SMILES string of the molecule is CN(C)CCCNC(=O)NCCc1ccccc1Br. The van der Waals surface area contributed by atoms with E-state index in [9.17, 15) is 4.79 Å². The Kier molecular flexibility index (Phi) is 7.52. The Balaban J connectivity index is 2.12. The van der Waals surface area contributed by atoms with Gasteiger partial charge in [0, 0.05) is 17.6 Å². The maximum atomic E-state index is 11.5. The Hall–Kier alpha value is -1.07. The summed E-state index contributed by atoms with van der Waals surface area (Å²) in [5.74, 6) is 0. The number of hydrogen-bond acceptors (Lipinski definition) is 2. The molecule has 0 radical (unpaired) electrons. The van der Waals surface area contributed by atoms with Gasteiger partial charge < -0.3 is 15.5 Å². The van der Waals surface area contributed by atoms with Crippen LogP contribution in [0.2, 0.25) is 0 Å². The van der Waals surface area contributed by atoms with E-state index in [4.69, 9.17) is 0 Å². The molecule has 0 aliphatic carbocycles. The van der Waals surface area contributed by atoms with Crippen molar-refractivity contribution < 1.29 is 4.79 Å². The maximum absolute atomic E-state index is 11.5. The molecule has 1 rings (SSSR count). The van der Waals surface area contributed by atoms with E-state index in [1.165, 1.54) is 5.56 Å². The summed E-state index contributed by atoms with van der Waals surface area (Å²) in [5.41, 5.74) is 1.20. The van der Waals surface area contributed by atoms with Gasteiger partial charge in [0.1, 0.15) is 0 Å². The Morgan fingerprint density at radius 1 is 1.21 bits per heavy atom. The van der Waals surface area contributed by atoms with Crippen LogP contribution >= 0.6 is 15.9 Å². The van der Waals surface area contributed by atoms with Gasteiger partial charge in [0.15, 0.2) is 0 Å². The van der Waals surface area contributed by atoms with Crippen LogP contribution in [-0.2, 0) is 6.42 Å². The fourth-order valence-electron chi connectivity index (χ4n) is 1.67. The van der Waals surface area contributed by atoms with Crippen LogP contribution in [0.25, 0.3) is 0 Å². The highest BCUT2D eigenvalue weighted by Crippen LogP contribution is 2.15. The second-order valence-corrected chi connectivity index (χ2v) is 5.54. The maximum Gasteiger partial charge on any atom is 0.314 e. The Morgan fingerprint density at radius 2 is 1.89 bits per heavy atom. The molecule has 0 saturated heterocycles. The normalized spacial score (nSPS) is 10.5. The van der Waals surface area contributed by atoms with Crippen LogP contribution in [0.3, 0.4) is 0 Å². The lowest BCUT2D eigenvalue weighted by Crippen LogP contribution is -2.37. The molecule has 4 nitrogen and oxygen atoms in total. The van der Waals surface area contributed by atoms with Crippen LogP contribution in [0.5, 0.6) is 0 Å². The van der Waals surface area contributed by atoms with E-state index in [1.807, 2.05) is 32.3 Å². The smallest absolute Gasteiger partial charge is 0.314 e. The average molecular weight is 328 g/mol. The molecule has 0 aliphatic heterocycles. The summed E-state index contributed by atoms with van der Waals surface area (Å²) in [5, 5.41) is 5.71. The van der Waals surface area contributed by atoms with E-state index >= 15 is 0 Å². The second-order valence-electron chi connectivity index (χ2n) is 4.68. The molecule has 0 heterocycles. The molecule has 1 aromatic carbocycles. The molecule has 0 spiro atoms. The minimum absolute atomic E-state index is 0.0918. The number of carbonyl (C=O) groups is 1. The first-order valence-electron chi connectivity index (χ1n) is 6.49. The van der Waals surface area contributed by atoms with Crippen molar-refractivity contribution >= 4 is 22.0 Å². The van der Waals surface area contributed by atoms with Crippen molar-refractivity contribution in [2.45, 2.75) is 12.8 Å². The van der Waals surface area contributed by atoms with E-state index in [1.54, 1.807) is 0 Å². The first-order chi connectivity index (χ1) is 9.09. The van der Waals surface area contributed by atoms with Gasteiger partial charge in [-0.2, -0.15) is 0 Å². The van der Waals surface area contributed by atoms with Crippen molar-refractivity contribution in [3.8, 4) is 0 Å². The molecular formula is C14H22BrN3O. The highest BCUT2D eigenvalue weighted by molar-refractivity contribution is 9.10. The van der Waals surface area contributed by atoms with Crippen LogP contribution in [0.15, 0.2) is 28.7 Å². The Morgan fingerprint density at radius 3 is 2.58 bits per heavy atom. The fraction of sp³-hybridized carbons (Fsp3) is 0.500. The van der Waals surface area contributed by atoms with E-state index in [0.29, 0.717) is 13.1 Å². The lowest BCUT2D eigenvalue weighted by molar-refractivity contribution is 0.240. The van der Waals surface area contributed by atoms with Crippen molar-refractivity contribution in [1.29, 1.82) is 0 Å². The molecule has 0 unspecified atom stereocenters. The lowest BCUT2D eigenvalue weighted by atomic mass is 10.1. The Labute approximate surface area is 123 Å². The summed E-state index contributed by atoms with van der Waals surface area (Å²) in [7, 11) is 4.05. The number of amides is 2. The highest BCUT2D eigenvalue weighted by Gasteiger charge is 2.01. The zero-order valence-electron chi connectivity index (χ0n) is 11.6. The monoisotopic (exact) mass is 327 g/mol. The molecule has 0 aliphatic rings. The van der Waals surface area contributed by atoms with Crippen molar-refractivity contribution in [2.24, 2.45) is 0 Å². The number of halogens is 1. The van der Waals surface area contributed by atoms with Gasteiger partial charge in [-0.25, -0.2) is 4.79 Å². The molecule has 0 bridgehead atoms. The number of carbonyl (C=O) groups excluding carboxylic acids is 1. The molecule has 2 amide bonds. The van der Waals surface area contributed by atoms with E-state index in [-0.39, 0.29) is 6.03 Å². The highest BCUT2D eigenvalue weighted by atomic mass is 79.9. The van der Waals surface area contributed by atoms with Crippen LogP contribution in [0, 0.1) is 0 Å². The third-order valence-corrected chi connectivity index (χ3v) is 3.48. The molecule has 1 aromatic rings. The number of urea groups is 1. The van der Waals surface area contributed by atoms with Gasteiger partial charge in [-0.3, -0.25) is 0 Å². The van der Waals surface area contributed by atoms with Crippen LogP contribution < -0.4 is 10.6 Å². The summed E-state index contributed by atoms with van der Waals surface area (Å²) >= 11 is 3.50. The van der Waals surface area contributed by atoms with E-state index in [0.717, 1.165) is 23.9 Å². The fourth-order valence-corrected chi connectivity index (χ4v) is 2.15. The number of hydrogen-bond donors (Lipinski definition) is 2. The molecular weight excluding hydrogens is 306 g/mol. The molecule has 0 atom stereocenters. The quantitative estimate of drug-likeness (QED) is 0.754. The van der Waals surface area contributed by atoms with Crippen LogP contribution in [-0.4, -0.2) is 44.7 Å². The van der Waals surface area contributed by atoms with Crippen LogP contribution in [0.4, 0.5) is 4.79 Å². The largest absolute Gasteiger partial charge is 0.338 e. The summed E-state index contributed by atoms with van der Waals surface area (Å²) in [6.07, 6.45) is 1.79. The molecule has 0 fully saturated rings. The lowest BCUT2D eigenvalue weighted by Gasteiger charge is -2.11. The molecule has 0 aromatic heterocycles. The predicted molar refractivity (Wildman–Crippen MR) is 82.4 cm³/mol. The van der Waals surface area contributed by atoms with E-state index in [2.05, 4.69) is 37.5 Å². The zero-order chi connectivity index (χ0) is 14.1. The molecule has 0 saturated carbocycles. The van der Waals surface area contributed by atoms with Gasteiger partial charge in [-0.15, -0.1) is 0 Å². The number of rotatable bonds is 7. The summed E-state index contributed by atoms with van der Waals surface area (Å²) in [6.45, 7) is 2.33. The first kappa shape index (κ1) is 16.0. The molecule has 106 valence electrons. The molecule has 5 heteroatoms. The third-order valence-electron chi connectivity index (χ3n) is 2.71. The molecule has 2 N–H and O–H groups in total. The first-order valence-corrected chi connectivity index (χ1v) is 7.28. The van der Waals surface area contributed by atoms with Crippen molar-refractivity contribution in [3.63, 3.8) is 0 Å². The zero-order valence-corrected chi connectivity index (χ0v) is 13.2. The number of nitrogens with one attached hydrogen (secondary N) is 2. The summed E-state index contributed by atoms with van der Waals surface area (Å²) in [6, 6.07) is 7.96. The van der Waals surface area contributed by atoms with Gasteiger partial charge in [0.2, 0.25) is 0 Å². The standard InChI is InChI=1S/C14H22BrN3O/c1-18(2)11-5-9-16-14(19)17-10-8-12-6-3-4-7-13(12)15/h3-4,6-7H,5,8-11H2,1-2H3,(H2,16,17,19). The van der Waals surface area contributed by atoms with Gasteiger partial charge in [-0.05, 0) is 45.1 Å². The minimum atomic E-state index is -0.0918. The van der Waals surface area contributed by atoms with Gasteiger partial charge in [0.25, 0.3) is 0 Å². The topological polar surface area (TPSA) is 44.4 Å². The average Bonchev–Trinajstić information content (AvgIpc) is 2.37. The van der Waals surface area contributed by atoms with Crippen molar-refractivity contribution in [2.75, 3.05) is 33.7 Å². The van der Waals surface area contributed by atoms with Crippen LogP contribution in [0.1, 0.15) is 12.0 Å². The minimum Gasteiger partial charge on any atom is -0.338 e. The molecule has 19 heavy (non-hydrogen) atoms. The third kappa shape index (κ3) is 7.18. The Bertz CT molecular complexity index is 396. The number of nitrogens with zero attached hydrogens (tertiary/aromatic N) is 1. The predicted octanol–water partition coefficient (Wildman–Crippen LogP) is 2.24. The summed E-state index contributed by atoms with van der Waals surface area (Å²) in [4.78, 5) is 13.6. The van der Waals surface area contributed by atoms with E-state index < -0.39 is 0 Å². The van der Waals surface area contributed by atoms with Gasteiger partial charge >= 0.3 is 6.03 Å². The van der Waals surface area contributed by atoms with Crippen molar-refractivity contribution in [1.82, 2.24) is 15.5 Å². The second kappa shape index (κ2) is 8.93. The van der Waals surface area contributed by atoms with Gasteiger partial charge in [-0.1, -0.05) is 34.1 Å². The van der Waals surface area contributed by atoms with Crippen molar-refractivity contribution in [3.05, 3.63) is 34.3 Å². The number of benzene rings is 1. The summed E-state index contributed by atoms with van der Waals surface area (Å²) < 4.78 is 1.09. The van der Waals surface area contributed by atoms with Gasteiger partial charge in [0.05, 0.1) is 0 Å².